The van der Waals surface area contributed by atoms with Crippen molar-refractivity contribution in [3.63, 3.8) is 0 Å². The molecule has 0 saturated heterocycles. The zero-order valence-electron chi connectivity index (χ0n) is 11.1. The lowest BCUT2D eigenvalue weighted by Crippen LogP contribution is -2.17. The molecule has 0 radical (unpaired) electrons. The van der Waals surface area contributed by atoms with Gasteiger partial charge in [0, 0.05) is 12.6 Å². The molecule has 1 aromatic rings. The SMILES string of the molecule is CC(=O)Nc1c(C)c(C(=O)O)c(C)c(C(=O)O)c1C. The van der Waals surface area contributed by atoms with E-state index < -0.39 is 11.9 Å². The Morgan fingerprint density at radius 2 is 1.21 bits per heavy atom. The summed E-state index contributed by atoms with van der Waals surface area (Å²) in [5, 5.41) is 20.9. The number of amides is 1. The van der Waals surface area contributed by atoms with Crippen LogP contribution < -0.4 is 5.32 Å². The summed E-state index contributed by atoms with van der Waals surface area (Å²) in [6, 6.07) is 0. The summed E-state index contributed by atoms with van der Waals surface area (Å²) in [5.74, 6) is -2.82. The number of hydrogen-bond acceptors (Lipinski definition) is 3. The number of benzene rings is 1. The van der Waals surface area contributed by atoms with Gasteiger partial charge in [0.15, 0.2) is 0 Å². The average Bonchev–Trinajstić information content (AvgIpc) is 2.22. The molecule has 0 aliphatic carbocycles. The van der Waals surface area contributed by atoms with E-state index in [2.05, 4.69) is 5.32 Å². The van der Waals surface area contributed by atoms with Gasteiger partial charge in [0.05, 0.1) is 11.1 Å². The third-order valence-electron chi connectivity index (χ3n) is 2.98. The summed E-state index contributed by atoms with van der Waals surface area (Å²) < 4.78 is 0. The van der Waals surface area contributed by atoms with E-state index in [0.717, 1.165) is 0 Å². The molecule has 0 fully saturated rings. The van der Waals surface area contributed by atoms with Gasteiger partial charge in [-0.3, -0.25) is 4.79 Å². The molecule has 0 aliphatic heterocycles. The van der Waals surface area contributed by atoms with Crippen LogP contribution in [0, 0.1) is 20.8 Å². The maximum Gasteiger partial charge on any atom is 0.336 e. The van der Waals surface area contributed by atoms with Crippen molar-refractivity contribution in [2.75, 3.05) is 5.32 Å². The van der Waals surface area contributed by atoms with Crippen LogP contribution >= 0.6 is 0 Å². The van der Waals surface area contributed by atoms with Crippen LogP contribution in [0.15, 0.2) is 0 Å². The van der Waals surface area contributed by atoms with E-state index in [9.17, 15) is 24.6 Å². The van der Waals surface area contributed by atoms with E-state index >= 15 is 0 Å². The van der Waals surface area contributed by atoms with Crippen molar-refractivity contribution in [3.8, 4) is 0 Å². The van der Waals surface area contributed by atoms with Crippen LogP contribution in [-0.2, 0) is 4.79 Å². The molecular weight excluding hydrogens is 250 g/mol. The first-order valence-electron chi connectivity index (χ1n) is 5.56. The largest absolute Gasteiger partial charge is 0.478 e. The van der Waals surface area contributed by atoms with Gasteiger partial charge in [0.25, 0.3) is 0 Å². The first-order chi connectivity index (χ1) is 8.68. The van der Waals surface area contributed by atoms with Crippen molar-refractivity contribution in [3.05, 3.63) is 27.8 Å². The Balaban J connectivity index is 3.79. The number of nitrogens with one attached hydrogen (secondary N) is 1. The molecule has 0 aromatic heterocycles. The molecule has 0 aliphatic rings. The molecule has 1 aromatic carbocycles. The first kappa shape index (κ1) is 14.7. The van der Waals surface area contributed by atoms with Gasteiger partial charge in [-0.2, -0.15) is 0 Å². The number of carboxylic acids is 2. The number of aromatic carboxylic acids is 2. The summed E-state index contributed by atoms with van der Waals surface area (Å²) in [7, 11) is 0. The Hall–Kier alpha value is -2.37. The van der Waals surface area contributed by atoms with Crippen molar-refractivity contribution in [2.24, 2.45) is 0 Å². The van der Waals surface area contributed by atoms with Crippen LogP contribution in [0.4, 0.5) is 5.69 Å². The Bertz CT molecular complexity index is 548. The fourth-order valence-electron chi connectivity index (χ4n) is 2.22. The lowest BCUT2D eigenvalue weighted by atomic mass is 9.91. The Kier molecular flexibility index (Phi) is 3.94. The van der Waals surface area contributed by atoms with E-state index in [1.54, 1.807) is 13.8 Å². The van der Waals surface area contributed by atoms with Gasteiger partial charge in [0.2, 0.25) is 5.91 Å². The van der Waals surface area contributed by atoms with Gasteiger partial charge in [0.1, 0.15) is 0 Å². The van der Waals surface area contributed by atoms with Crippen LogP contribution in [0.25, 0.3) is 0 Å². The number of anilines is 1. The highest BCUT2D eigenvalue weighted by atomic mass is 16.4. The van der Waals surface area contributed by atoms with Gasteiger partial charge in [-0.1, -0.05) is 0 Å². The van der Waals surface area contributed by atoms with E-state index in [1.165, 1.54) is 13.8 Å². The lowest BCUT2D eigenvalue weighted by Gasteiger charge is -2.18. The predicted molar refractivity (Wildman–Crippen MR) is 68.9 cm³/mol. The number of carbonyl (C=O) groups is 3. The number of carbonyl (C=O) groups excluding carboxylic acids is 1. The van der Waals surface area contributed by atoms with Crippen LogP contribution in [0.5, 0.6) is 0 Å². The molecule has 1 amide bonds. The van der Waals surface area contributed by atoms with Gasteiger partial charge >= 0.3 is 11.9 Å². The third-order valence-corrected chi connectivity index (χ3v) is 2.98. The van der Waals surface area contributed by atoms with Gasteiger partial charge in [-0.25, -0.2) is 9.59 Å². The minimum atomic E-state index is -1.22. The molecule has 3 N–H and O–H groups in total. The van der Waals surface area contributed by atoms with Gasteiger partial charge in [-0.15, -0.1) is 0 Å². The highest BCUT2D eigenvalue weighted by molar-refractivity contribution is 6.03. The first-order valence-corrected chi connectivity index (χ1v) is 5.56. The van der Waals surface area contributed by atoms with E-state index in [1.807, 2.05) is 0 Å². The summed E-state index contributed by atoms with van der Waals surface area (Å²) >= 11 is 0. The molecule has 0 atom stereocenters. The van der Waals surface area contributed by atoms with Crippen molar-refractivity contribution < 1.29 is 24.6 Å². The summed E-state index contributed by atoms with van der Waals surface area (Å²) in [4.78, 5) is 33.7. The molecule has 0 saturated carbocycles. The van der Waals surface area contributed by atoms with Crippen LogP contribution in [0.2, 0.25) is 0 Å². The maximum absolute atomic E-state index is 11.3. The quantitative estimate of drug-likeness (QED) is 0.775. The molecule has 0 spiro atoms. The van der Waals surface area contributed by atoms with Crippen molar-refractivity contribution >= 4 is 23.5 Å². The smallest absolute Gasteiger partial charge is 0.336 e. The lowest BCUT2D eigenvalue weighted by molar-refractivity contribution is -0.114. The van der Waals surface area contributed by atoms with Crippen molar-refractivity contribution in [2.45, 2.75) is 27.7 Å². The number of carboxylic acid groups (broad SMARTS) is 2. The van der Waals surface area contributed by atoms with E-state index in [-0.39, 0.29) is 28.3 Å². The van der Waals surface area contributed by atoms with Crippen LogP contribution in [0.1, 0.15) is 44.3 Å². The second-order valence-corrected chi connectivity index (χ2v) is 4.29. The van der Waals surface area contributed by atoms with Gasteiger partial charge < -0.3 is 15.5 Å². The van der Waals surface area contributed by atoms with Crippen LogP contribution in [-0.4, -0.2) is 28.1 Å². The molecule has 1 rings (SSSR count). The third kappa shape index (κ3) is 2.57. The molecule has 0 bridgehead atoms. The zero-order valence-corrected chi connectivity index (χ0v) is 11.1. The highest BCUT2D eigenvalue weighted by Crippen LogP contribution is 2.31. The summed E-state index contributed by atoms with van der Waals surface area (Å²) in [6.07, 6.45) is 0. The topological polar surface area (TPSA) is 104 Å². The van der Waals surface area contributed by atoms with E-state index in [0.29, 0.717) is 11.1 Å². The zero-order chi connectivity index (χ0) is 14.9. The molecule has 6 heteroatoms. The second kappa shape index (κ2) is 5.09. The Morgan fingerprint density at radius 3 is 1.47 bits per heavy atom. The average molecular weight is 265 g/mol. The highest BCUT2D eigenvalue weighted by Gasteiger charge is 2.24. The minimum Gasteiger partial charge on any atom is -0.478 e. The normalized spacial score (nSPS) is 10.1. The van der Waals surface area contributed by atoms with Gasteiger partial charge in [-0.05, 0) is 37.5 Å². The van der Waals surface area contributed by atoms with Crippen molar-refractivity contribution in [1.29, 1.82) is 0 Å². The molecule has 102 valence electrons. The minimum absolute atomic E-state index is 0.0910. The summed E-state index contributed by atoms with van der Waals surface area (Å²) in [6.45, 7) is 5.81. The molecule has 19 heavy (non-hydrogen) atoms. The molecule has 0 unspecified atom stereocenters. The standard InChI is InChI=1S/C13H15NO5/c1-5-9(12(16)17)6(2)11(14-8(4)15)7(3)10(5)13(18)19/h1-4H3,(H,14,15)(H,16,17)(H,18,19). The van der Waals surface area contributed by atoms with E-state index in [4.69, 9.17) is 0 Å². The Morgan fingerprint density at radius 1 is 0.842 bits per heavy atom. The molecular formula is C13H15NO5. The molecule has 6 nitrogen and oxygen atoms in total. The monoisotopic (exact) mass is 265 g/mol. The Labute approximate surface area is 110 Å². The second-order valence-electron chi connectivity index (χ2n) is 4.29. The maximum atomic E-state index is 11.3. The van der Waals surface area contributed by atoms with Crippen molar-refractivity contribution in [1.82, 2.24) is 0 Å². The predicted octanol–water partition coefficient (Wildman–Crippen LogP) is 1.97. The fourth-order valence-corrected chi connectivity index (χ4v) is 2.22. The van der Waals surface area contributed by atoms with Crippen LogP contribution in [0.3, 0.4) is 0 Å². The fraction of sp³-hybridized carbons (Fsp3) is 0.308. The molecule has 0 heterocycles. The summed E-state index contributed by atoms with van der Waals surface area (Å²) in [5.41, 5.74) is 0.945. The number of hydrogen-bond donors (Lipinski definition) is 3. The number of rotatable bonds is 3.